The van der Waals surface area contributed by atoms with Crippen molar-refractivity contribution in [3.8, 4) is 0 Å². The molecule has 1 unspecified atom stereocenters. The maximum Gasteiger partial charge on any atom is 0.237 e. The van der Waals surface area contributed by atoms with Gasteiger partial charge in [0.2, 0.25) is 10.0 Å². The Labute approximate surface area is 96.1 Å². The highest BCUT2D eigenvalue weighted by atomic mass is 32.2. The second kappa shape index (κ2) is 4.92. The predicted octanol–water partition coefficient (Wildman–Crippen LogP) is 1.23. The Hall–Kier alpha value is -1.28. The van der Waals surface area contributed by atoms with Crippen molar-refractivity contribution in [2.24, 2.45) is 0 Å². The maximum absolute atomic E-state index is 13.1. The van der Waals surface area contributed by atoms with Gasteiger partial charge >= 0.3 is 0 Å². The fourth-order valence-electron chi connectivity index (χ4n) is 0.982. The highest BCUT2D eigenvalue weighted by Gasteiger charge is 2.22. The average molecular weight is 269 g/mol. The monoisotopic (exact) mass is 269 g/mol. The topological polar surface area (TPSA) is 66.4 Å². The molecule has 0 saturated heterocycles. The second-order valence-corrected chi connectivity index (χ2v) is 5.49. The van der Waals surface area contributed by atoms with Crippen LogP contribution in [0.25, 0.3) is 0 Å². The third-order valence-electron chi connectivity index (χ3n) is 2.03. The number of sulfonamides is 1. The molecule has 0 amide bonds. The number of hydrogen-bond acceptors (Lipinski definition) is 3. The number of rotatable bonds is 4. The lowest BCUT2D eigenvalue weighted by Crippen LogP contribution is -2.28. The lowest BCUT2D eigenvalue weighted by molar-refractivity contribution is 0.296. The molecule has 0 aliphatic carbocycles. The van der Waals surface area contributed by atoms with Gasteiger partial charge in [0.05, 0.1) is 12.3 Å². The van der Waals surface area contributed by atoms with E-state index in [0.717, 1.165) is 6.92 Å². The minimum absolute atomic E-state index is 0.294. The van der Waals surface area contributed by atoms with Crippen LogP contribution in [0, 0.1) is 17.5 Å². The molecule has 17 heavy (non-hydrogen) atoms. The first-order chi connectivity index (χ1) is 7.77. The lowest BCUT2D eigenvalue weighted by atomic mass is 10.3. The van der Waals surface area contributed by atoms with Crippen LogP contribution in [0.15, 0.2) is 12.1 Å². The second-order valence-electron chi connectivity index (χ2n) is 3.39. The van der Waals surface area contributed by atoms with Crippen LogP contribution in [-0.4, -0.2) is 25.4 Å². The predicted molar refractivity (Wildman–Crippen MR) is 55.4 cm³/mol. The van der Waals surface area contributed by atoms with Crippen molar-refractivity contribution in [1.82, 2.24) is 0 Å². The van der Waals surface area contributed by atoms with Gasteiger partial charge in [0, 0.05) is 12.1 Å². The van der Waals surface area contributed by atoms with Gasteiger partial charge in [0.15, 0.2) is 11.6 Å². The third-order valence-corrected chi connectivity index (χ3v) is 3.74. The fourth-order valence-corrected chi connectivity index (χ4v) is 1.83. The van der Waals surface area contributed by atoms with E-state index < -0.39 is 45.0 Å². The number of benzene rings is 1. The number of aliphatic hydroxyl groups excluding tert-OH is 1. The van der Waals surface area contributed by atoms with Gasteiger partial charge in [-0.3, -0.25) is 4.72 Å². The van der Waals surface area contributed by atoms with Gasteiger partial charge in [0.25, 0.3) is 0 Å². The Morgan fingerprint density at radius 1 is 1.35 bits per heavy atom. The summed E-state index contributed by atoms with van der Waals surface area (Å²) in [7, 11) is -4.09. The summed E-state index contributed by atoms with van der Waals surface area (Å²) in [4.78, 5) is 0. The Bertz CT molecular complexity index is 518. The largest absolute Gasteiger partial charge is 0.395 e. The summed E-state index contributed by atoms with van der Waals surface area (Å²) in [5, 5.41) is 7.44. The molecule has 8 heteroatoms. The molecule has 1 rings (SSSR count). The molecule has 0 fully saturated rings. The van der Waals surface area contributed by atoms with Crippen LogP contribution in [0.2, 0.25) is 0 Å². The Kier molecular flexibility index (Phi) is 3.99. The molecule has 1 aromatic rings. The normalized spacial score (nSPS) is 13.5. The zero-order chi connectivity index (χ0) is 13.2. The smallest absolute Gasteiger partial charge is 0.237 e. The van der Waals surface area contributed by atoms with Crippen molar-refractivity contribution in [3.63, 3.8) is 0 Å². The van der Waals surface area contributed by atoms with E-state index in [2.05, 4.69) is 0 Å². The van der Waals surface area contributed by atoms with Crippen molar-refractivity contribution in [2.45, 2.75) is 12.2 Å². The van der Waals surface area contributed by atoms with Crippen LogP contribution in [0.5, 0.6) is 0 Å². The van der Waals surface area contributed by atoms with Crippen LogP contribution in [-0.2, 0) is 10.0 Å². The summed E-state index contributed by atoms with van der Waals surface area (Å²) in [5.41, 5.74) is -0.831. The van der Waals surface area contributed by atoms with Gasteiger partial charge in [-0.25, -0.2) is 21.6 Å². The van der Waals surface area contributed by atoms with E-state index in [1.807, 2.05) is 0 Å². The van der Waals surface area contributed by atoms with Gasteiger partial charge in [-0.2, -0.15) is 0 Å². The molecule has 0 aliphatic rings. The van der Waals surface area contributed by atoms with Crippen molar-refractivity contribution in [2.75, 3.05) is 11.3 Å². The van der Waals surface area contributed by atoms with Gasteiger partial charge in [-0.15, -0.1) is 0 Å². The Morgan fingerprint density at radius 2 is 1.94 bits per heavy atom. The van der Waals surface area contributed by atoms with E-state index in [0.29, 0.717) is 12.1 Å². The van der Waals surface area contributed by atoms with Crippen molar-refractivity contribution >= 4 is 15.7 Å². The van der Waals surface area contributed by atoms with Gasteiger partial charge in [-0.05, 0) is 6.92 Å². The first-order valence-electron chi connectivity index (χ1n) is 4.55. The van der Waals surface area contributed by atoms with Crippen LogP contribution < -0.4 is 4.72 Å². The zero-order valence-electron chi connectivity index (χ0n) is 8.75. The molecule has 2 N–H and O–H groups in total. The highest BCUT2D eigenvalue weighted by molar-refractivity contribution is 7.93. The first kappa shape index (κ1) is 13.8. The molecule has 0 aromatic heterocycles. The van der Waals surface area contributed by atoms with E-state index >= 15 is 0 Å². The number of nitrogens with one attached hydrogen (secondary N) is 1. The molecule has 4 nitrogen and oxygen atoms in total. The Balaban J connectivity index is 3.12. The van der Waals surface area contributed by atoms with E-state index in [-0.39, 0.29) is 0 Å². The van der Waals surface area contributed by atoms with E-state index in [9.17, 15) is 21.6 Å². The summed E-state index contributed by atoms with van der Waals surface area (Å²) in [5.74, 6) is -4.11. The van der Waals surface area contributed by atoms with Gasteiger partial charge in [0.1, 0.15) is 11.1 Å². The molecule has 1 atom stereocenters. The summed E-state index contributed by atoms with van der Waals surface area (Å²) in [6, 6.07) is 0.808. The summed E-state index contributed by atoms with van der Waals surface area (Å²) >= 11 is 0. The summed E-state index contributed by atoms with van der Waals surface area (Å²) in [6.07, 6.45) is 0. The molecule has 0 spiro atoms. The first-order valence-corrected chi connectivity index (χ1v) is 6.09. The highest BCUT2D eigenvalue weighted by Crippen LogP contribution is 2.21. The SMILES string of the molecule is CC(CO)S(=O)(=O)Nc1cc(F)cc(F)c1F. The number of halogens is 3. The molecule has 96 valence electrons. The van der Waals surface area contributed by atoms with E-state index in [1.165, 1.54) is 0 Å². The molecule has 0 bridgehead atoms. The minimum atomic E-state index is -4.09. The van der Waals surface area contributed by atoms with Gasteiger partial charge < -0.3 is 5.11 Å². The molecule has 0 heterocycles. The van der Waals surface area contributed by atoms with Crippen LogP contribution in [0.3, 0.4) is 0 Å². The van der Waals surface area contributed by atoms with E-state index in [1.54, 1.807) is 4.72 Å². The molecule has 0 radical (unpaired) electrons. The quantitative estimate of drug-likeness (QED) is 0.808. The summed E-state index contributed by atoms with van der Waals surface area (Å²) < 4.78 is 63.2. The van der Waals surface area contributed by atoms with Gasteiger partial charge in [-0.1, -0.05) is 0 Å². The minimum Gasteiger partial charge on any atom is -0.395 e. The molecular formula is C9H10F3NO3S. The zero-order valence-corrected chi connectivity index (χ0v) is 9.56. The van der Waals surface area contributed by atoms with Crippen molar-refractivity contribution in [1.29, 1.82) is 0 Å². The van der Waals surface area contributed by atoms with Crippen LogP contribution in [0.4, 0.5) is 18.9 Å². The molecule has 0 saturated carbocycles. The maximum atomic E-state index is 13.1. The van der Waals surface area contributed by atoms with Crippen molar-refractivity contribution < 1.29 is 26.7 Å². The third kappa shape index (κ3) is 3.10. The van der Waals surface area contributed by atoms with Crippen molar-refractivity contribution in [3.05, 3.63) is 29.6 Å². The molecule has 1 aromatic carbocycles. The molecule has 0 aliphatic heterocycles. The molecular weight excluding hydrogens is 259 g/mol. The number of hydrogen-bond donors (Lipinski definition) is 2. The van der Waals surface area contributed by atoms with Crippen LogP contribution >= 0.6 is 0 Å². The lowest BCUT2D eigenvalue weighted by Gasteiger charge is -2.13. The number of aliphatic hydroxyl groups is 1. The fraction of sp³-hybridized carbons (Fsp3) is 0.333. The van der Waals surface area contributed by atoms with Crippen LogP contribution in [0.1, 0.15) is 6.92 Å². The summed E-state index contributed by atoms with van der Waals surface area (Å²) in [6.45, 7) is 0.463. The standard InChI is InChI=1S/C9H10F3NO3S/c1-5(4-14)17(15,16)13-8-3-6(10)2-7(11)9(8)12/h2-3,5,13-14H,4H2,1H3. The van der Waals surface area contributed by atoms with E-state index in [4.69, 9.17) is 5.11 Å². The average Bonchev–Trinajstić information content (AvgIpc) is 2.23. The number of anilines is 1. The Morgan fingerprint density at radius 3 is 2.47 bits per heavy atom.